The summed E-state index contributed by atoms with van der Waals surface area (Å²) in [6.07, 6.45) is 13.0. The molecule has 2 aromatic heterocycles. The summed E-state index contributed by atoms with van der Waals surface area (Å²) in [5.41, 5.74) is 2.81. The number of nitrogens with zero attached hydrogens (tertiary/aromatic N) is 5. The van der Waals surface area contributed by atoms with Crippen LogP contribution in [0, 0.1) is 5.92 Å². The summed E-state index contributed by atoms with van der Waals surface area (Å²) in [4.78, 5) is 26.6. The summed E-state index contributed by atoms with van der Waals surface area (Å²) < 4.78 is 2.17. The van der Waals surface area contributed by atoms with E-state index in [1.165, 1.54) is 25.7 Å². The van der Waals surface area contributed by atoms with Crippen LogP contribution in [0.4, 0.5) is 5.95 Å². The summed E-state index contributed by atoms with van der Waals surface area (Å²) in [6, 6.07) is 2.04. The Bertz CT molecular complexity index is 818. The van der Waals surface area contributed by atoms with Gasteiger partial charge in [-0.05, 0) is 51.0 Å². The lowest BCUT2D eigenvalue weighted by atomic mass is 10.2. The molecule has 0 aromatic carbocycles. The predicted octanol–water partition coefficient (Wildman–Crippen LogP) is 4.22. The molecule has 6 nitrogen and oxygen atoms in total. The van der Waals surface area contributed by atoms with Crippen molar-refractivity contribution in [3.8, 4) is 11.1 Å². The zero-order chi connectivity index (χ0) is 20.2. The second kappa shape index (κ2) is 8.97. The molecule has 2 aromatic rings. The summed E-state index contributed by atoms with van der Waals surface area (Å²) in [6.45, 7) is 8.81. The Hall–Kier alpha value is -2.37. The van der Waals surface area contributed by atoms with Gasteiger partial charge in [-0.25, -0.2) is 9.97 Å². The van der Waals surface area contributed by atoms with Crippen LogP contribution in [0.2, 0.25) is 0 Å². The Kier molecular flexibility index (Phi) is 6.16. The van der Waals surface area contributed by atoms with E-state index >= 15 is 0 Å². The van der Waals surface area contributed by atoms with Crippen molar-refractivity contribution in [2.45, 2.75) is 58.9 Å². The quantitative estimate of drug-likeness (QED) is 0.638. The van der Waals surface area contributed by atoms with Gasteiger partial charge in [0.15, 0.2) is 0 Å². The van der Waals surface area contributed by atoms with Crippen molar-refractivity contribution in [3.63, 3.8) is 0 Å². The maximum absolute atomic E-state index is 13.2. The van der Waals surface area contributed by atoms with Crippen LogP contribution in [0.15, 0.2) is 24.7 Å². The van der Waals surface area contributed by atoms with Crippen LogP contribution in [0.1, 0.15) is 62.9 Å². The molecule has 0 unspecified atom stereocenters. The topological polar surface area (TPSA) is 54.3 Å². The molecule has 1 saturated heterocycles. The van der Waals surface area contributed by atoms with E-state index in [0.29, 0.717) is 5.92 Å². The van der Waals surface area contributed by atoms with Crippen molar-refractivity contribution >= 4 is 11.9 Å². The fourth-order valence-electron chi connectivity index (χ4n) is 4.04. The molecule has 0 radical (unpaired) electrons. The first-order valence-corrected chi connectivity index (χ1v) is 11.3. The average molecular weight is 396 g/mol. The number of unbranched alkanes of at least 4 members (excludes halogenated alkanes) is 1. The van der Waals surface area contributed by atoms with E-state index < -0.39 is 0 Å². The molecule has 0 N–H and O–H groups in total. The van der Waals surface area contributed by atoms with Gasteiger partial charge in [-0.3, -0.25) is 4.79 Å². The number of amides is 1. The summed E-state index contributed by atoms with van der Waals surface area (Å²) >= 11 is 0. The van der Waals surface area contributed by atoms with Crippen molar-refractivity contribution in [2.75, 3.05) is 31.1 Å². The van der Waals surface area contributed by atoms with Gasteiger partial charge in [0.05, 0.1) is 0 Å². The van der Waals surface area contributed by atoms with Crippen molar-refractivity contribution in [2.24, 2.45) is 5.92 Å². The Morgan fingerprint density at radius 1 is 1.14 bits per heavy atom. The van der Waals surface area contributed by atoms with Crippen LogP contribution >= 0.6 is 0 Å². The van der Waals surface area contributed by atoms with Crippen molar-refractivity contribution in [1.82, 2.24) is 19.4 Å². The standard InChI is InChI=1S/C23H33N5O/c1-3-5-10-26(4-2)22(29)21-13-19(17-28(21)16-18-8-9-18)20-14-24-23(25-15-20)27-11-6-7-12-27/h13-15,17-18H,3-12,16H2,1-2H3. The van der Waals surface area contributed by atoms with Crippen molar-refractivity contribution < 1.29 is 4.79 Å². The smallest absolute Gasteiger partial charge is 0.270 e. The molecule has 2 fully saturated rings. The lowest BCUT2D eigenvalue weighted by Gasteiger charge is -2.21. The SMILES string of the molecule is CCCCN(CC)C(=O)c1cc(-c2cnc(N3CCCC3)nc2)cn1CC1CC1. The molecule has 4 rings (SSSR count). The van der Waals surface area contributed by atoms with Gasteiger partial charge in [-0.15, -0.1) is 0 Å². The number of carbonyl (C=O) groups is 1. The second-order valence-electron chi connectivity index (χ2n) is 8.41. The van der Waals surface area contributed by atoms with E-state index in [1.807, 2.05) is 23.4 Å². The van der Waals surface area contributed by atoms with Crippen LogP contribution in [0.3, 0.4) is 0 Å². The maximum atomic E-state index is 13.2. The lowest BCUT2D eigenvalue weighted by molar-refractivity contribution is 0.0751. The molecule has 1 aliphatic heterocycles. The molecule has 1 amide bonds. The van der Waals surface area contributed by atoms with Gasteiger partial charge in [0.25, 0.3) is 5.91 Å². The van der Waals surface area contributed by atoms with E-state index in [-0.39, 0.29) is 5.91 Å². The molecule has 29 heavy (non-hydrogen) atoms. The summed E-state index contributed by atoms with van der Waals surface area (Å²) in [7, 11) is 0. The van der Waals surface area contributed by atoms with Gasteiger partial charge in [-0.1, -0.05) is 13.3 Å². The molecular formula is C23H33N5O. The molecule has 0 spiro atoms. The Morgan fingerprint density at radius 2 is 1.86 bits per heavy atom. The van der Waals surface area contributed by atoms with Crippen LogP contribution in [0.5, 0.6) is 0 Å². The fourth-order valence-corrected chi connectivity index (χ4v) is 4.04. The minimum atomic E-state index is 0.141. The molecular weight excluding hydrogens is 362 g/mol. The second-order valence-corrected chi connectivity index (χ2v) is 8.41. The highest BCUT2D eigenvalue weighted by molar-refractivity contribution is 5.94. The van der Waals surface area contributed by atoms with Crippen molar-refractivity contribution in [3.05, 3.63) is 30.4 Å². The number of rotatable bonds is 9. The van der Waals surface area contributed by atoms with Gasteiger partial charge in [0.2, 0.25) is 5.95 Å². The molecule has 0 bridgehead atoms. The van der Waals surface area contributed by atoms with Crippen LogP contribution in [0.25, 0.3) is 11.1 Å². The largest absolute Gasteiger partial charge is 0.343 e. The molecule has 156 valence electrons. The maximum Gasteiger partial charge on any atom is 0.270 e. The third kappa shape index (κ3) is 4.62. The minimum absolute atomic E-state index is 0.141. The van der Waals surface area contributed by atoms with Crippen molar-refractivity contribution in [1.29, 1.82) is 0 Å². The number of hydrogen-bond acceptors (Lipinski definition) is 4. The lowest BCUT2D eigenvalue weighted by Crippen LogP contribution is -2.33. The predicted molar refractivity (Wildman–Crippen MR) is 116 cm³/mol. The molecule has 0 atom stereocenters. The van der Waals surface area contributed by atoms with Crippen LogP contribution < -0.4 is 4.90 Å². The minimum Gasteiger partial charge on any atom is -0.343 e. The number of anilines is 1. The van der Waals surface area contributed by atoms with E-state index in [9.17, 15) is 4.79 Å². The normalized spacial score (nSPS) is 16.4. The first-order valence-electron chi connectivity index (χ1n) is 11.3. The Labute approximate surface area is 173 Å². The summed E-state index contributed by atoms with van der Waals surface area (Å²) in [5, 5.41) is 0. The Morgan fingerprint density at radius 3 is 2.48 bits per heavy atom. The first-order chi connectivity index (χ1) is 14.2. The highest BCUT2D eigenvalue weighted by atomic mass is 16.2. The average Bonchev–Trinajstić information content (AvgIpc) is 3.22. The molecule has 2 aliphatic rings. The number of carbonyl (C=O) groups excluding carboxylic acids is 1. The zero-order valence-corrected chi connectivity index (χ0v) is 17.8. The number of aromatic nitrogens is 3. The third-order valence-electron chi connectivity index (χ3n) is 6.08. The monoisotopic (exact) mass is 395 g/mol. The molecule has 1 aliphatic carbocycles. The third-order valence-corrected chi connectivity index (χ3v) is 6.08. The van der Waals surface area contributed by atoms with E-state index in [4.69, 9.17) is 0 Å². The van der Waals surface area contributed by atoms with Crippen LogP contribution in [-0.2, 0) is 6.54 Å². The van der Waals surface area contributed by atoms with Gasteiger partial charge in [-0.2, -0.15) is 0 Å². The molecule has 6 heteroatoms. The van der Waals surface area contributed by atoms with Gasteiger partial charge in [0.1, 0.15) is 5.69 Å². The van der Waals surface area contributed by atoms with E-state index in [0.717, 1.165) is 68.3 Å². The first kappa shape index (κ1) is 19.9. The molecule has 1 saturated carbocycles. The van der Waals surface area contributed by atoms with E-state index in [1.54, 1.807) is 0 Å². The van der Waals surface area contributed by atoms with E-state index in [2.05, 4.69) is 39.5 Å². The highest BCUT2D eigenvalue weighted by Gasteiger charge is 2.26. The highest BCUT2D eigenvalue weighted by Crippen LogP contribution is 2.33. The fraction of sp³-hybridized carbons (Fsp3) is 0.609. The van der Waals surface area contributed by atoms with Gasteiger partial charge < -0.3 is 14.4 Å². The summed E-state index contributed by atoms with van der Waals surface area (Å²) in [5.74, 6) is 1.67. The zero-order valence-electron chi connectivity index (χ0n) is 17.8. The number of hydrogen-bond donors (Lipinski definition) is 0. The molecule has 3 heterocycles. The van der Waals surface area contributed by atoms with Gasteiger partial charge >= 0.3 is 0 Å². The van der Waals surface area contributed by atoms with Gasteiger partial charge in [0, 0.05) is 62.4 Å². The Balaban J connectivity index is 1.58. The van der Waals surface area contributed by atoms with Crippen LogP contribution in [-0.4, -0.2) is 51.5 Å².